The van der Waals surface area contributed by atoms with Crippen molar-refractivity contribution in [3.8, 4) is 0 Å². The van der Waals surface area contributed by atoms with Crippen LogP contribution in [0.5, 0.6) is 0 Å². The Morgan fingerprint density at radius 2 is 1.95 bits per heavy atom. The molecule has 0 saturated heterocycles. The Morgan fingerprint density at radius 3 is 2.50 bits per heavy atom. The number of hydrogen-bond acceptors (Lipinski definition) is 3. The van der Waals surface area contributed by atoms with Crippen molar-refractivity contribution in [1.29, 1.82) is 0 Å². The van der Waals surface area contributed by atoms with Gasteiger partial charge in [0.05, 0.1) is 15.7 Å². The molecular weight excluding hydrogens is 319 g/mol. The molecule has 1 atom stereocenters. The maximum Gasteiger partial charge on any atom is 0.138 e. The second-order valence-electron chi connectivity index (χ2n) is 5.62. The van der Waals surface area contributed by atoms with Crippen molar-refractivity contribution in [3.63, 3.8) is 0 Å². The smallest absolute Gasteiger partial charge is 0.138 e. The van der Waals surface area contributed by atoms with Gasteiger partial charge in [-0.2, -0.15) is 0 Å². The average molecular weight is 341 g/mol. The quantitative estimate of drug-likeness (QED) is 0.688. The highest BCUT2D eigenvalue weighted by molar-refractivity contribution is 6.42. The predicted molar refractivity (Wildman–Crippen MR) is 91.6 cm³/mol. The Morgan fingerprint density at radius 1 is 1.23 bits per heavy atom. The van der Waals surface area contributed by atoms with Gasteiger partial charge in [-0.15, -0.1) is 0 Å². The Balaban J connectivity index is 2.24. The summed E-state index contributed by atoms with van der Waals surface area (Å²) in [5.41, 5.74) is 3.29. The molecule has 22 heavy (non-hydrogen) atoms. The molecule has 1 heterocycles. The van der Waals surface area contributed by atoms with Crippen LogP contribution >= 0.6 is 23.2 Å². The van der Waals surface area contributed by atoms with Gasteiger partial charge < -0.3 is 4.52 Å². The first kappa shape index (κ1) is 17.3. The average Bonchev–Trinajstić information content (AvgIpc) is 2.80. The molecule has 0 saturated carbocycles. The maximum absolute atomic E-state index is 6.16. The molecular formula is C17H22Cl2N2O. The lowest BCUT2D eigenvalue weighted by atomic mass is 10.1. The van der Waals surface area contributed by atoms with Crippen LogP contribution in [0.4, 0.5) is 0 Å². The molecule has 1 aromatic carbocycles. The maximum atomic E-state index is 6.16. The third-order valence-electron chi connectivity index (χ3n) is 4.03. The molecule has 0 spiro atoms. The summed E-state index contributed by atoms with van der Waals surface area (Å²) in [7, 11) is 0. The van der Waals surface area contributed by atoms with E-state index in [4.69, 9.17) is 27.7 Å². The molecule has 2 rings (SSSR count). The number of rotatable bonds is 6. The minimum Gasteiger partial charge on any atom is -0.361 e. The largest absolute Gasteiger partial charge is 0.361 e. The van der Waals surface area contributed by atoms with E-state index >= 15 is 0 Å². The van der Waals surface area contributed by atoms with E-state index < -0.39 is 0 Å². The van der Waals surface area contributed by atoms with Gasteiger partial charge >= 0.3 is 0 Å². The molecule has 0 N–H and O–H groups in total. The lowest BCUT2D eigenvalue weighted by Gasteiger charge is -2.29. The molecule has 0 fully saturated rings. The van der Waals surface area contributed by atoms with E-state index in [1.54, 1.807) is 0 Å². The molecule has 0 aliphatic heterocycles. The van der Waals surface area contributed by atoms with Crippen molar-refractivity contribution in [1.82, 2.24) is 10.1 Å². The fraction of sp³-hybridized carbons (Fsp3) is 0.471. The van der Waals surface area contributed by atoms with Gasteiger partial charge in [0.25, 0.3) is 0 Å². The van der Waals surface area contributed by atoms with E-state index in [0.29, 0.717) is 10.0 Å². The van der Waals surface area contributed by atoms with Crippen LogP contribution in [0.15, 0.2) is 22.7 Å². The van der Waals surface area contributed by atoms with Crippen LogP contribution < -0.4 is 0 Å². The number of nitrogens with zero attached hydrogens (tertiary/aromatic N) is 2. The summed E-state index contributed by atoms with van der Waals surface area (Å²) < 4.78 is 5.28. The summed E-state index contributed by atoms with van der Waals surface area (Å²) in [6.07, 6.45) is 1.08. The molecule has 0 radical (unpaired) electrons. The molecule has 2 aromatic rings. The fourth-order valence-corrected chi connectivity index (χ4v) is 2.92. The van der Waals surface area contributed by atoms with E-state index in [2.05, 4.69) is 23.9 Å². The monoisotopic (exact) mass is 340 g/mol. The van der Waals surface area contributed by atoms with Crippen molar-refractivity contribution in [2.45, 2.75) is 46.7 Å². The van der Waals surface area contributed by atoms with Crippen molar-refractivity contribution in [2.75, 3.05) is 6.54 Å². The van der Waals surface area contributed by atoms with Crippen LogP contribution in [0, 0.1) is 13.8 Å². The molecule has 5 heteroatoms. The van der Waals surface area contributed by atoms with Crippen LogP contribution in [0.25, 0.3) is 0 Å². The molecule has 1 unspecified atom stereocenters. The molecule has 3 nitrogen and oxygen atoms in total. The van der Waals surface area contributed by atoms with Crippen LogP contribution in [-0.4, -0.2) is 16.6 Å². The Kier molecular flexibility index (Phi) is 5.90. The molecule has 0 amide bonds. The predicted octanol–water partition coefficient (Wildman–Crippen LogP) is 5.57. The third kappa shape index (κ3) is 3.83. The lowest BCUT2D eigenvalue weighted by molar-refractivity contribution is 0.200. The first-order valence-corrected chi connectivity index (χ1v) is 8.30. The number of hydrogen-bond donors (Lipinski definition) is 0. The Hall–Kier alpha value is -1.03. The zero-order chi connectivity index (χ0) is 16.3. The summed E-state index contributed by atoms with van der Waals surface area (Å²) >= 11 is 12.2. The van der Waals surface area contributed by atoms with Crippen molar-refractivity contribution in [3.05, 3.63) is 50.8 Å². The minimum atomic E-state index is 0.239. The van der Waals surface area contributed by atoms with Crippen LogP contribution in [0.3, 0.4) is 0 Å². The van der Waals surface area contributed by atoms with Gasteiger partial charge in [0, 0.05) is 18.2 Å². The summed E-state index contributed by atoms with van der Waals surface area (Å²) in [5.74, 6) is 0.889. The van der Waals surface area contributed by atoms with Crippen molar-refractivity contribution < 1.29 is 4.52 Å². The highest BCUT2D eigenvalue weighted by Crippen LogP contribution is 2.29. The van der Waals surface area contributed by atoms with Gasteiger partial charge in [-0.25, -0.2) is 0 Å². The number of aryl methyl sites for hydroxylation is 2. The summed E-state index contributed by atoms with van der Waals surface area (Å²) in [6, 6.07) is 6.08. The van der Waals surface area contributed by atoms with Gasteiger partial charge in [0.1, 0.15) is 5.76 Å². The van der Waals surface area contributed by atoms with Crippen molar-refractivity contribution in [2.24, 2.45) is 0 Å². The number of benzene rings is 1. The van der Waals surface area contributed by atoms with Crippen molar-refractivity contribution >= 4 is 23.2 Å². The standard InChI is InChI=1S/C17H22Cl2N2O/c1-5-8-21(10-15-11(2)20-22-13(15)4)12(3)14-6-7-16(18)17(19)9-14/h6-7,9,12H,5,8,10H2,1-4H3. The first-order chi connectivity index (χ1) is 10.4. The van der Waals surface area contributed by atoms with E-state index in [-0.39, 0.29) is 6.04 Å². The number of halogens is 2. The molecule has 0 aliphatic rings. The third-order valence-corrected chi connectivity index (χ3v) is 4.77. The van der Waals surface area contributed by atoms with E-state index in [1.165, 1.54) is 5.56 Å². The Labute approximate surface area is 142 Å². The Bertz CT molecular complexity index is 620. The molecule has 0 bridgehead atoms. The minimum absolute atomic E-state index is 0.239. The van der Waals surface area contributed by atoms with Crippen LogP contribution in [0.2, 0.25) is 10.0 Å². The summed E-state index contributed by atoms with van der Waals surface area (Å²) in [4.78, 5) is 2.41. The van der Waals surface area contributed by atoms with E-state index in [0.717, 1.165) is 36.5 Å². The second kappa shape index (κ2) is 7.49. The topological polar surface area (TPSA) is 29.3 Å². The number of aromatic nitrogens is 1. The van der Waals surface area contributed by atoms with Gasteiger partial charge in [0.2, 0.25) is 0 Å². The highest BCUT2D eigenvalue weighted by atomic mass is 35.5. The van der Waals surface area contributed by atoms with Crippen LogP contribution in [0.1, 0.15) is 48.9 Å². The highest BCUT2D eigenvalue weighted by Gasteiger charge is 2.20. The van der Waals surface area contributed by atoms with E-state index in [1.807, 2.05) is 32.0 Å². The zero-order valence-corrected chi connectivity index (χ0v) is 15.0. The SMILES string of the molecule is CCCN(Cc1c(C)noc1C)C(C)c1ccc(Cl)c(Cl)c1. The molecule has 120 valence electrons. The lowest BCUT2D eigenvalue weighted by Crippen LogP contribution is -2.28. The van der Waals surface area contributed by atoms with Crippen LogP contribution in [-0.2, 0) is 6.54 Å². The summed E-state index contributed by atoms with van der Waals surface area (Å²) in [6.45, 7) is 10.1. The normalized spacial score (nSPS) is 12.9. The van der Waals surface area contributed by atoms with Gasteiger partial charge in [-0.05, 0) is 51.4 Å². The zero-order valence-electron chi connectivity index (χ0n) is 13.5. The van der Waals surface area contributed by atoms with Gasteiger partial charge in [-0.3, -0.25) is 4.90 Å². The second-order valence-corrected chi connectivity index (χ2v) is 6.44. The van der Waals surface area contributed by atoms with E-state index in [9.17, 15) is 0 Å². The summed E-state index contributed by atoms with van der Waals surface area (Å²) in [5, 5.41) is 5.23. The van der Waals surface area contributed by atoms with Gasteiger partial charge in [0.15, 0.2) is 0 Å². The molecule has 1 aromatic heterocycles. The first-order valence-electron chi connectivity index (χ1n) is 7.54. The fourth-order valence-electron chi connectivity index (χ4n) is 2.61. The molecule has 0 aliphatic carbocycles. The van der Waals surface area contributed by atoms with Gasteiger partial charge in [-0.1, -0.05) is 41.3 Å².